The van der Waals surface area contributed by atoms with Crippen molar-refractivity contribution in [2.45, 2.75) is 25.8 Å². The molecule has 9 heteroatoms. The number of likely N-dealkylation sites (tertiary alicyclic amines) is 1. The summed E-state index contributed by atoms with van der Waals surface area (Å²) in [6, 6.07) is 3.89. The summed E-state index contributed by atoms with van der Waals surface area (Å²) in [6.45, 7) is 2.69. The van der Waals surface area contributed by atoms with Gasteiger partial charge in [-0.1, -0.05) is 23.2 Å². The van der Waals surface area contributed by atoms with Crippen molar-refractivity contribution in [1.29, 1.82) is 0 Å². The highest BCUT2D eigenvalue weighted by atomic mass is 35.5. The molecule has 2 aromatic rings. The number of benzene rings is 1. The molecule has 1 aliphatic rings. The lowest BCUT2D eigenvalue weighted by atomic mass is 10.0. The smallest absolute Gasteiger partial charge is 0.267 e. The van der Waals surface area contributed by atoms with Gasteiger partial charge in [0.05, 0.1) is 15.6 Å². The topological polar surface area (TPSA) is 82.3 Å². The van der Waals surface area contributed by atoms with Crippen LogP contribution < -0.4 is 5.32 Å². The molecule has 2 heterocycles. The summed E-state index contributed by atoms with van der Waals surface area (Å²) in [5.41, 5.74) is -0.0627. The summed E-state index contributed by atoms with van der Waals surface area (Å²) in [5, 5.41) is 2.61. The lowest BCUT2D eigenvalue weighted by Gasteiger charge is -2.31. The molecule has 0 bridgehead atoms. The van der Waals surface area contributed by atoms with E-state index >= 15 is 0 Å². The zero-order chi connectivity index (χ0) is 20.4. The van der Waals surface area contributed by atoms with Gasteiger partial charge < -0.3 is 15.2 Å². The highest BCUT2D eigenvalue weighted by molar-refractivity contribution is 6.37. The van der Waals surface area contributed by atoms with E-state index in [-0.39, 0.29) is 44.7 Å². The van der Waals surface area contributed by atoms with Gasteiger partial charge in [0.1, 0.15) is 5.69 Å². The van der Waals surface area contributed by atoms with E-state index in [2.05, 4.69) is 10.3 Å². The molecule has 2 amide bonds. The molecule has 28 heavy (non-hydrogen) atoms. The predicted molar refractivity (Wildman–Crippen MR) is 103 cm³/mol. The summed E-state index contributed by atoms with van der Waals surface area (Å²) in [6.07, 6.45) is 2.63. The van der Waals surface area contributed by atoms with Crippen molar-refractivity contribution in [2.75, 3.05) is 13.1 Å². The van der Waals surface area contributed by atoms with Crippen molar-refractivity contribution >= 4 is 40.8 Å². The van der Waals surface area contributed by atoms with Crippen molar-refractivity contribution in [3.63, 3.8) is 0 Å². The number of H-pyrrole nitrogens is 1. The second-order valence-corrected chi connectivity index (χ2v) is 7.42. The van der Waals surface area contributed by atoms with Crippen molar-refractivity contribution in [3.05, 3.63) is 57.1 Å². The molecular formula is C19H18Cl2FN3O3. The Kier molecular flexibility index (Phi) is 6.05. The van der Waals surface area contributed by atoms with Crippen LogP contribution in [0.5, 0.6) is 0 Å². The third-order valence-electron chi connectivity index (χ3n) is 4.74. The maximum Gasteiger partial charge on any atom is 0.267 e. The number of nitrogens with one attached hydrogen (secondary N) is 2. The molecule has 6 nitrogen and oxygen atoms in total. The monoisotopic (exact) mass is 425 g/mol. The van der Waals surface area contributed by atoms with Gasteiger partial charge in [-0.3, -0.25) is 14.4 Å². The second kappa shape index (κ2) is 8.32. The van der Waals surface area contributed by atoms with E-state index in [4.69, 9.17) is 23.2 Å². The van der Waals surface area contributed by atoms with Gasteiger partial charge in [0.2, 0.25) is 5.91 Å². The average Bonchev–Trinajstić information content (AvgIpc) is 3.16. The minimum Gasteiger partial charge on any atom is -0.356 e. The molecule has 1 saturated heterocycles. The lowest BCUT2D eigenvalue weighted by molar-refractivity contribution is -0.129. The Morgan fingerprint density at radius 1 is 1.18 bits per heavy atom. The van der Waals surface area contributed by atoms with Crippen LogP contribution in [0.15, 0.2) is 24.4 Å². The number of halogens is 3. The highest BCUT2D eigenvalue weighted by Crippen LogP contribution is 2.28. The van der Waals surface area contributed by atoms with Gasteiger partial charge in [-0.15, -0.1) is 0 Å². The quantitative estimate of drug-likeness (QED) is 0.581. The summed E-state index contributed by atoms with van der Waals surface area (Å²) >= 11 is 11.7. The summed E-state index contributed by atoms with van der Waals surface area (Å²) in [7, 11) is 0. The molecule has 2 N–H and O–H groups in total. The fraction of sp³-hybridized carbons (Fsp3) is 0.316. The largest absolute Gasteiger partial charge is 0.356 e. The van der Waals surface area contributed by atoms with E-state index in [9.17, 15) is 18.8 Å². The standard InChI is InChI=1S/C19H18Cl2FN3O3/c1-10(26)25-6-4-12(5-7-25)24-19(28)15-8-11(9-23-15)18(27)16-13(20)2-3-14(21)17(16)22/h2-3,8-9,12,23H,4-7H2,1H3,(H,24,28). The van der Waals surface area contributed by atoms with Crippen LogP contribution in [-0.2, 0) is 4.79 Å². The first-order valence-electron chi connectivity index (χ1n) is 8.71. The molecule has 1 aromatic carbocycles. The van der Waals surface area contributed by atoms with Crippen molar-refractivity contribution in [1.82, 2.24) is 15.2 Å². The third-order valence-corrected chi connectivity index (χ3v) is 5.34. The van der Waals surface area contributed by atoms with Gasteiger partial charge in [0, 0.05) is 37.8 Å². The Bertz CT molecular complexity index is 937. The molecule has 148 valence electrons. The molecule has 0 spiro atoms. The number of hydrogen-bond donors (Lipinski definition) is 2. The van der Waals surface area contributed by atoms with Crippen LogP contribution in [0.25, 0.3) is 0 Å². The van der Waals surface area contributed by atoms with E-state index < -0.39 is 11.6 Å². The van der Waals surface area contributed by atoms with E-state index in [0.717, 1.165) is 0 Å². The number of aromatic nitrogens is 1. The minimum absolute atomic E-state index is 0.0178. The molecule has 3 rings (SSSR count). The molecule has 1 aliphatic heterocycles. The Labute approximate surface area is 171 Å². The van der Waals surface area contributed by atoms with Gasteiger partial charge in [-0.2, -0.15) is 0 Å². The molecule has 0 unspecified atom stereocenters. The number of nitrogens with zero attached hydrogens (tertiary/aromatic N) is 1. The van der Waals surface area contributed by atoms with E-state index in [0.29, 0.717) is 25.9 Å². The number of hydrogen-bond acceptors (Lipinski definition) is 3. The normalized spacial score (nSPS) is 14.8. The summed E-state index contributed by atoms with van der Waals surface area (Å²) in [5.74, 6) is -1.93. The molecule has 1 aromatic heterocycles. The van der Waals surface area contributed by atoms with Crippen LogP contribution in [0.2, 0.25) is 10.0 Å². The number of carbonyl (C=O) groups is 3. The number of aromatic amines is 1. The minimum atomic E-state index is -0.899. The average molecular weight is 426 g/mol. The Balaban J connectivity index is 1.69. The van der Waals surface area contributed by atoms with Crippen LogP contribution in [0, 0.1) is 5.82 Å². The molecule has 1 fully saturated rings. The van der Waals surface area contributed by atoms with Gasteiger partial charge in [-0.05, 0) is 31.0 Å². The van der Waals surface area contributed by atoms with Gasteiger partial charge >= 0.3 is 0 Å². The number of ketones is 1. The SMILES string of the molecule is CC(=O)N1CCC(NC(=O)c2cc(C(=O)c3c(Cl)ccc(Cl)c3F)c[nH]2)CC1. The Morgan fingerprint density at radius 3 is 2.46 bits per heavy atom. The summed E-state index contributed by atoms with van der Waals surface area (Å²) in [4.78, 5) is 40.8. The number of amides is 2. The second-order valence-electron chi connectivity index (χ2n) is 6.60. The number of carbonyl (C=O) groups excluding carboxylic acids is 3. The van der Waals surface area contributed by atoms with Crippen LogP contribution in [0.4, 0.5) is 4.39 Å². The zero-order valence-corrected chi connectivity index (χ0v) is 16.5. The van der Waals surface area contributed by atoms with Gasteiger partial charge in [-0.25, -0.2) is 4.39 Å². The fourth-order valence-electron chi connectivity index (χ4n) is 3.14. The predicted octanol–water partition coefficient (Wildman–Crippen LogP) is 3.43. The van der Waals surface area contributed by atoms with Gasteiger partial charge in [0.25, 0.3) is 5.91 Å². The van der Waals surface area contributed by atoms with Crippen LogP contribution in [0.1, 0.15) is 46.2 Å². The molecular weight excluding hydrogens is 408 g/mol. The van der Waals surface area contributed by atoms with Crippen molar-refractivity contribution < 1.29 is 18.8 Å². The number of rotatable bonds is 4. The first-order chi connectivity index (χ1) is 13.3. The molecule has 0 radical (unpaired) electrons. The highest BCUT2D eigenvalue weighted by Gasteiger charge is 2.25. The van der Waals surface area contributed by atoms with E-state index in [1.54, 1.807) is 4.90 Å². The van der Waals surface area contributed by atoms with Crippen molar-refractivity contribution in [2.24, 2.45) is 0 Å². The van der Waals surface area contributed by atoms with Gasteiger partial charge in [0.15, 0.2) is 11.6 Å². The number of piperidine rings is 1. The molecule has 0 aliphatic carbocycles. The maximum absolute atomic E-state index is 14.2. The first-order valence-corrected chi connectivity index (χ1v) is 9.46. The van der Waals surface area contributed by atoms with E-state index in [1.165, 1.54) is 31.3 Å². The van der Waals surface area contributed by atoms with Crippen LogP contribution in [0.3, 0.4) is 0 Å². The fourth-order valence-corrected chi connectivity index (χ4v) is 3.53. The van der Waals surface area contributed by atoms with Crippen molar-refractivity contribution in [3.8, 4) is 0 Å². The molecule has 0 atom stereocenters. The Morgan fingerprint density at radius 2 is 1.82 bits per heavy atom. The zero-order valence-electron chi connectivity index (χ0n) is 15.0. The van der Waals surface area contributed by atoms with E-state index in [1.807, 2.05) is 0 Å². The molecule has 0 saturated carbocycles. The third kappa shape index (κ3) is 4.20. The van der Waals surface area contributed by atoms with Crippen LogP contribution in [-0.4, -0.2) is 46.6 Å². The Hall–Kier alpha value is -2.38. The lowest BCUT2D eigenvalue weighted by Crippen LogP contribution is -2.46. The van der Waals surface area contributed by atoms with Crippen LogP contribution >= 0.6 is 23.2 Å². The summed E-state index contributed by atoms with van der Waals surface area (Å²) < 4.78 is 14.2. The first kappa shape index (κ1) is 20.4. The maximum atomic E-state index is 14.2.